The quantitative estimate of drug-likeness (QED) is 0.438. The number of hydrogen-bond donors (Lipinski definition) is 1. The van der Waals surface area contributed by atoms with Crippen molar-refractivity contribution in [1.82, 2.24) is 9.88 Å². The van der Waals surface area contributed by atoms with Crippen LogP contribution in [0.4, 0.5) is 4.39 Å². The second-order valence-corrected chi connectivity index (χ2v) is 7.88. The molecule has 1 aromatic heterocycles. The zero-order valence-electron chi connectivity index (χ0n) is 17.7. The van der Waals surface area contributed by atoms with Gasteiger partial charge in [-0.1, -0.05) is 54.6 Å². The first-order valence-electron chi connectivity index (χ1n) is 10.6. The topological polar surface area (TPSA) is 45.3 Å². The number of H-pyrrole nitrogens is 1. The van der Waals surface area contributed by atoms with E-state index in [2.05, 4.69) is 11.1 Å². The Kier molecular flexibility index (Phi) is 5.23. The van der Waals surface area contributed by atoms with Crippen LogP contribution in [0.25, 0.3) is 17.0 Å². The Morgan fingerprint density at radius 3 is 2.66 bits per heavy atom. The zero-order chi connectivity index (χ0) is 22.1. The first-order valence-corrected chi connectivity index (χ1v) is 10.6. The molecule has 1 amide bonds. The average molecular weight is 426 g/mol. The van der Waals surface area contributed by atoms with Gasteiger partial charge in [0.15, 0.2) is 11.6 Å². The number of fused-ring (bicyclic) bond motifs is 3. The number of aromatic amines is 1. The number of benzene rings is 3. The second kappa shape index (κ2) is 8.35. The molecule has 0 saturated carbocycles. The fraction of sp³-hybridized carbons (Fsp3) is 0.148. The van der Waals surface area contributed by atoms with E-state index in [1.807, 2.05) is 60.7 Å². The number of carbonyl (C=O) groups excluding carboxylic acids is 1. The summed E-state index contributed by atoms with van der Waals surface area (Å²) in [5.74, 6) is -0.372. The molecule has 0 fully saturated rings. The van der Waals surface area contributed by atoms with Crippen molar-refractivity contribution in [3.8, 4) is 5.75 Å². The Balaban J connectivity index is 1.59. The van der Waals surface area contributed by atoms with Crippen LogP contribution < -0.4 is 4.74 Å². The summed E-state index contributed by atoms with van der Waals surface area (Å²) in [5, 5.41) is 1.15. The standard InChI is InChI=1S/C27H23FN2O2/c1-32-24-13-12-19(17-22(24)28)27-26-21(20-9-5-6-10-23(20)29-26)15-16-30(27)25(31)14-11-18-7-3-2-4-8-18/h2-14,17,27,29H,15-16H2,1H3. The van der Waals surface area contributed by atoms with Gasteiger partial charge in [0.2, 0.25) is 5.91 Å². The molecule has 1 unspecified atom stereocenters. The van der Waals surface area contributed by atoms with E-state index in [1.165, 1.54) is 18.7 Å². The molecule has 32 heavy (non-hydrogen) atoms. The Morgan fingerprint density at radius 2 is 1.88 bits per heavy atom. The third-order valence-corrected chi connectivity index (χ3v) is 6.03. The van der Waals surface area contributed by atoms with Crippen molar-refractivity contribution < 1.29 is 13.9 Å². The van der Waals surface area contributed by atoms with E-state index in [-0.39, 0.29) is 11.7 Å². The first kappa shape index (κ1) is 20.1. The lowest BCUT2D eigenvalue weighted by atomic mass is 9.92. The monoisotopic (exact) mass is 426 g/mol. The number of nitrogens with one attached hydrogen (secondary N) is 1. The smallest absolute Gasteiger partial charge is 0.247 e. The van der Waals surface area contributed by atoms with Crippen molar-refractivity contribution in [2.45, 2.75) is 12.5 Å². The number of carbonyl (C=O) groups is 1. The summed E-state index contributed by atoms with van der Waals surface area (Å²) >= 11 is 0. The van der Waals surface area contributed by atoms with Crippen LogP contribution in [0.3, 0.4) is 0 Å². The minimum Gasteiger partial charge on any atom is -0.494 e. The lowest BCUT2D eigenvalue weighted by molar-refractivity contribution is -0.128. The lowest BCUT2D eigenvalue weighted by Gasteiger charge is -2.35. The number of ether oxygens (including phenoxy) is 1. The summed E-state index contributed by atoms with van der Waals surface area (Å²) in [5.41, 5.74) is 4.79. The van der Waals surface area contributed by atoms with Gasteiger partial charge in [0.05, 0.1) is 13.2 Å². The number of hydrogen-bond acceptors (Lipinski definition) is 2. The predicted molar refractivity (Wildman–Crippen MR) is 124 cm³/mol. The molecule has 2 heterocycles. The Bertz CT molecular complexity index is 1310. The van der Waals surface area contributed by atoms with Gasteiger partial charge in [0.25, 0.3) is 0 Å². The molecule has 5 heteroatoms. The molecule has 1 aliphatic heterocycles. The summed E-state index contributed by atoms with van der Waals surface area (Å²) in [6.07, 6.45) is 4.14. The van der Waals surface area contributed by atoms with Gasteiger partial charge in [-0.25, -0.2) is 4.39 Å². The molecule has 0 spiro atoms. The normalized spacial score (nSPS) is 15.8. The minimum atomic E-state index is -0.444. The molecule has 0 aliphatic carbocycles. The predicted octanol–water partition coefficient (Wildman–Crippen LogP) is 5.50. The van der Waals surface area contributed by atoms with E-state index in [4.69, 9.17) is 4.74 Å². The van der Waals surface area contributed by atoms with Crippen LogP contribution in [-0.4, -0.2) is 29.4 Å². The number of methoxy groups -OCH3 is 1. The average Bonchev–Trinajstić information content (AvgIpc) is 3.21. The number of para-hydroxylation sites is 1. The van der Waals surface area contributed by atoms with E-state index in [9.17, 15) is 9.18 Å². The largest absolute Gasteiger partial charge is 0.494 e. The molecule has 0 saturated heterocycles. The molecule has 1 N–H and O–H groups in total. The molecule has 1 aliphatic rings. The van der Waals surface area contributed by atoms with Gasteiger partial charge >= 0.3 is 0 Å². The maximum atomic E-state index is 14.6. The van der Waals surface area contributed by atoms with E-state index in [0.717, 1.165) is 28.6 Å². The van der Waals surface area contributed by atoms with Crippen LogP contribution in [-0.2, 0) is 11.2 Å². The van der Waals surface area contributed by atoms with Crippen molar-refractivity contribution >= 4 is 22.9 Å². The van der Waals surface area contributed by atoms with Gasteiger partial charge < -0.3 is 14.6 Å². The summed E-state index contributed by atoms with van der Waals surface area (Å²) in [6, 6.07) is 22.3. The van der Waals surface area contributed by atoms with Crippen molar-refractivity contribution in [2.75, 3.05) is 13.7 Å². The van der Waals surface area contributed by atoms with Crippen LogP contribution in [0.5, 0.6) is 5.75 Å². The van der Waals surface area contributed by atoms with Crippen LogP contribution >= 0.6 is 0 Å². The van der Waals surface area contributed by atoms with E-state index >= 15 is 0 Å². The third-order valence-electron chi connectivity index (χ3n) is 6.03. The van der Waals surface area contributed by atoms with E-state index in [1.54, 1.807) is 17.0 Å². The minimum absolute atomic E-state index is 0.112. The lowest BCUT2D eigenvalue weighted by Crippen LogP contribution is -2.39. The number of amides is 1. The van der Waals surface area contributed by atoms with Gasteiger partial charge in [0, 0.05) is 29.2 Å². The van der Waals surface area contributed by atoms with Crippen LogP contribution in [0.2, 0.25) is 0 Å². The Labute approximate surface area is 185 Å². The van der Waals surface area contributed by atoms with Gasteiger partial charge in [0.1, 0.15) is 0 Å². The Hall–Kier alpha value is -3.86. The zero-order valence-corrected chi connectivity index (χ0v) is 17.7. The van der Waals surface area contributed by atoms with Gasteiger partial charge in [-0.05, 0) is 47.4 Å². The number of rotatable bonds is 4. The fourth-order valence-corrected chi connectivity index (χ4v) is 4.50. The summed E-state index contributed by atoms with van der Waals surface area (Å²) in [7, 11) is 1.44. The highest BCUT2D eigenvalue weighted by atomic mass is 19.1. The third kappa shape index (κ3) is 3.56. The number of nitrogens with zero attached hydrogens (tertiary/aromatic N) is 1. The molecule has 160 valence electrons. The van der Waals surface area contributed by atoms with Gasteiger partial charge in [-0.3, -0.25) is 4.79 Å². The molecule has 3 aromatic carbocycles. The molecule has 4 aromatic rings. The van der Waals surface area contributed by atoms with Gasteiger partial charge in [-0.2, -0.15) is 0 Å². The first-order chi connectivity index (χ1) is 15.7. The van der Waals surface area contributed by atoms with Crippen LogP contribution in [0.15, 0.2) is 78.9 Å². The fourth-order valence-electron chi connectivity index (χ4n) is 4.50. The maximum absolute atomic E-state index is 14.6. The number of halogens is 1. The highest BCUT2D eigenvalue weighted by molar-refractivity contribution is 5.93. The molecule has 0 bridgehead atoms. The molecule has 4 nitrogen and oxygen atoms in total. The summed E-state index contributed by atoms with van der Waals surface area (Å²) in [6.45, 7) is 0.547. The summed E-state index contributed by atoms with van der Waals surface area (Å²) < 4.78 is 19.7. The molecule has 1 atom stereocenters. The van der Waals surface area contributed by atoms with Crippen LogP contribution in [0, 0.1) is 5.82 Å². The van der Waals surface area contributed by atoms with E-state index in [0.29, 0.717) is 12.1 Å². The molecular weight excluding hydrogens is 403 g/mol. The van der Waals surface area contributed by atoms with Crippen molar-refractivity contribution in [3.05, 3.63) is 107 Å². The van der Waals surface area contributed by atoms with Crippen molar-refractivity contribution in [2.24, 2.45) is 0 Å². The van der Waals surface area contributed by atoms with Crippen LogP contribution in [0.1, 0.15) is 28.4 Å². The number of aromatic nitrogens is 1. The highest BCUT2D eigenvalue weighted by Crippen LogP contribution is 2.39. The van der Waals surface area contributed by atoms with Crippen molar-refractivity contribution in [1.29, 1.82) is 0 Å². The van der Waals surface area contributed by atoms with Crippen molar-refractivity contribution in [3.63, 3.8) is 0 Å². The van der Waals surface area contributed by atoms with E-state index < -0.39 is 11.9 Å². The summed E-state index contributed by atoms with van der Waals surface area (Å²) in [4.78, 5) is 18.6. The second-order valence-electron chi connectivity index (χ2n) is 7.88. The highest BCUT2D eigenvalue weighted by Gasteiger charge is 2.34. The molecule has 5 rings (SSSR count). The molecular formula is C27H23FN2O2. The van der Waals surface area contributed by atoms with Gasteiger partial charge in [-0.15, -0.1) is 0 Å². The maximum Gasteiger partial charge on any atom is 0.247 e. The Morgan fingerprint density at radius 1 is 1.09 bits per heavy atom. The SMILES string of the molecule is COc1ccc(C2c3[nH]c4ccccc4c3CCN2C(=O)C=Cc2ccccc2)cc1F. The molecule has 0 radical (unpaired) electrons.